The summed E-state index contributed by atoms with van der Waals surface area (Å²) < 4.78 is 0. The molecule has 0 spiro atoms. The SMILES string of the molecule is CC(CNc1nccc(Nc2ccncn2)n1)c1ccccc1. The number of rotatable bonds is 6. The highest BCUT2D eigenvalue weighted by atomic mass is 15.2. The summed E-state index contributed by atoms with van der Waals surface area (Å²) in [6.45, 7) is 2.94. The van der Waals surface area contributed by atoms with Crippen LogP contribution >= 0.6 is 0 Å². The van der Waals surface area contributed by atoms with Crippen molar-refractivity contribution < 1.29 is 0 Å². The van der Waals surface area contributed by atoms with Crippen LogP contribution in [-0.2, 0) is 0 Å². The molecular formula is C17H18N6. The van der Waals surface area contributed by atoms with E-state index in [1.165, 1.54) is 11.9 Å². The molecule has 2 aromatic heterocycles. The first kappa shape index (κ1) is 14.9. The average molecular weight is 306 g/mol. The van der Waals surface area contributed by atoms with E-state index in [2.05, 4.69) is 61.8 Å². The molecule has 6 heteroatoms. The molecule has 0 radical (unpaired) electrons. The Morgan fingerprint density at radius 2 is 1.78 bits per heavy atom. The van der Waals surface area contributed by atoms with Gasteiger partial charge in [0, 0.05) is 18.9 Å². The molecular weight excluding hydrogens is 288 g/mol. The van der Waals surface area contributed by atoms with Crippen molar-refractivity contribution in [2.24, 2.45) is 0 Å². The van der Waals surface area contributed by atoms with Gasteiger partial charge < -0.3 is 10.6 Å². The highest BCUT2D eigenvalue weighted by Gasteiger charge is 2.06. The first-order chi connectivity index (χ1) is 11.3. The normalized spacial score (nSPS) is 11.7. The van der Waals surface area contributed by atoms with Crippen molar-refractivity contribution in [2.45, 2.75) is 12.8 Å². The maximum absolute atomic E-state index is 4.44. The van der Waals surface area contributed by atoms with Crippen LogP contribution in [0.1, 0.15) is 18.4 Å². The Morgan fingerprint density at radius 3 is 2.57 bits per heavy atom. The van der Waals surface area contributed by atoms with Gasteiger partial charge in [0.1, 0.15) is 18.0 Å². The van der Waals surface area contributed by atoms with E-state index < -0.39 is 0 Å². The van der Waals surface area contributed by atoms with Crippen LogP contribution in [0, 0.1) is 0 Å². The van der Waals surface area contributed by atoms with Gasteiger partial charge in [-0.3, -0.25) is 0 Å². The van der Waals surface area contributed by atoms with Crippen LogP contribution in [0.5, 0.6) is 0 Å². The fraction of sp³-hybridized carbons (Fsp3) is 0.176. The zero-order chi connectivity index (χ0) is 15.9. The Labute approximate surface area is 135 Å². The second-order valence-corrected chi connectivity index (χ2v) is 5.18. The number of hydrogen-bond donors (Lipinski definition) is 2. The molecule has 0 saturated carbocycles. The molecule has 116 valence electrons. The summed E-state index contributed by atoms with van der Waals surface area (Å²) in [6.07, 6.45) is 4.88. The van der Waals surface area contributed by atoms with Gasteiger partial charge in [-0.1, -0.05) is 37.3 Å². The summed E-state index contributed by atoms with van der Waals surface area (Å²) in [6, 6.07) is 14.0. The first-order valence-electron chi connectivity index (χ1n) is 7.46. The quantitative estimate of drug-likeness (QED) is 0.728. The van der Waals surface area contributed by atoms with Gasteiger partial charge in [-0.05, 0) is 23.6 Å². The fourth-order valence-corrected chi connectivity index (χ4v) is 2.15. The Morgan fingerprint density at radius 1 is 0.957 bits per heavy atom. The van der Waals surface area contributed by atoms with E-state index in [-0.39, 0.29) is 0 Å². The molecule has 0 aliphatic rings. The van der Waals surface area contributed by atoms with Crippen LogP contribution in [0.3, 0.4) is 0 Å². The molecule has 6 nitrogen and oxygen atoms in total. The summed E-state index contributed by atoms with van der Waals surface area (Å²) in [5.74, 6) is 2.35. The maximum atomic E-state index is 4.44. The molecule has 3 rings (SSSR count). The van der Waals surface area contributed by atoms with Gasteiger partial charge in [-0.25, -0.2) is 15.0 Å². The van der Waals surface area contributed by atoms with Gasteiger partial charge in [0.25, 0.3) is 0 Å². The lowest BCUT2D eigenvalue weighted by Crippen LogP contribution is -2.12. The lowest BCUT2D eigenvalue weighted by molar-refractivity contribution is 0.797. The highest BCUT2D eigenvalue weighted by molar-refractivity contribution is 5.51. The minimum atomic E-state index is 0.373. The van der Waals surface area contributed by atoms with Gasteiger partial charge in [-0.2, -0.15) is 4.98 Å². The number of anilines is 3. The predicted octanol–water partition coefficient (Wildman–Crippen LogP) is 3.23. The number of hydrogen-bond acceptors (Lipinski definition) is 6. The smallest absolute Gasteiger partial charge is 0.224 e. The van der Waals surface area contributed by atoms with Crippen molar-refractivity contribution in [1.29, 1.82) is 0 Å². The molecule has 0 bridgehead atoms. The van der Waals surface area contributed by atoms with E-state index in [4.69, 9.17) is 0 Å². The van der Waals surface area contributed by atoms with Crippen molar-refractivity contribution in [1.82, 2.24) is 19.9 Å². The van der Waals surface area contributed by atoms with E-state index in [0.29, 0.717) is 23.5 Å². The summed E-state index contributed by atoms with van der Waals surface area (Å²) in [4.78, 5) is 16.7. The van der Waals surface area contributed by atoms with Gasteiger partial charge in [0.15, 0.2) is 0 Å². The van der Waals surface area contributed by atoms with Crippen LogP contribution in [0.25, 0.3) is 0 Å². The first-order valence-corrected chi connectivity index (χ1v) is 7.46. The van der Waals surface area contributed by atoms with Gasteiger partial charge in [0.05, 0.1) is 0 Å². The van der Waals surface area contributed by atoms with E-state index in [1.54, 1.807) is 24.5 Å². The molecule has 0 aliphatic heterocycles. The van der Waals surface area contributed by atoms with Crippen LogP contribution in [0.2, 0.25) is 0 Å². The van der Waals surface area contributed by atoms with Crippen LogP contribution in [-0.4, -0.2) is 26.5 Å². The van der Waals surface area contributed by atoms with Gasteiger partial charge >= 0.3 is 0 Å². The zero-order valence-corrected chi connectivity index (χ0v) is 12.8. The molecule has 0 amide bonds. The van der Waals surface area contributed by atoms with E-state index >= 15 is 0 Å². The minimum absolute atomic E-state index is 0.373. The summed E-state index contributed by atoms with van der Waals surface area (Å²) in [7, 11) is 0. The Balaban J connectivity index is 1.61. The van der Waals surface area contributed by atoms with Crippen LogP contribution in [0.15, 0.2) is 61.2 Å². The molecule has 3 aromatic rings. The Hall–Kier alpha value is -3.02. The topological polar surface area (TPSA) is 75.6 Å². The molecule has 2 N–H and O–H groups in total. The number of nitrogens with one attached hydrogen (secondary N) is 2. The van der Waals surface area contributed by atoms with E-state index in [1.807, 2.05) is 6.07 Å². The van der Waals surface area contributed by atoms with Crippen molar-refractivity contribution in [3.63, 3.8) is 0 Å². The molecule has 1 unspecified atom stereocenters. The molecule has 0 fully saturated rings. The van der Waals surface area contributed by atoms with Crippen molar-refractivity contribution >= 4 is 17.6 Å². The average Bonchev–Trinajstić information content (AvgIpc) is 2.62. The minimum Gasteiger partial charge on any atom is -0.354 e. The van der Waals surface area contributed by atoms with Crippen molar-refractivity contribution in [3.8, 4) is 0 Å². The third-order valence-corrected chi connectivity index (χ3v) is 3.43. The van der Waals surface area contributed by atoms with E-state index in [0.717, 1.165) is 6.54 Å². The Bertz CT molecular complexity index is 732. The standard InChI is InChI=1S/C17H18N6/c1-13(14-5-3-2-4-6-14)11-20-17-19-10-8-16(23-17)22-15-7-9-18-12-21-15/h2-10,12-13H,11H2,1H3,(H2,18,19,20,21,22,23). The fourth-order valence-electron chi connectivity index (χ4n) is 2.15. The molecule has 1 atom stereocenters. The highest BCUT2D eigenvalue weighted by Crippen LogP contribution is 2.16. The Kier molecular flexibility index (Phi) is 4.73. The third kappa shape index (κ3) is 4.23. The largest absolute Gasteiger partial charge is 0.354 e. The second kappa shape index (κ2) is 7.31. The number of nitrogens with zero attached hydrogens (tertiary/aromatic N) is 4. The molecule has 0 saturated heterocycles. The molecule has 1 aromatic carbocycles. The van der Waals surface area contributed by atoms with Crippen molar-refractivity contribution in [3.05, 3.63) is 66.7 Å². The van der Waals surface area contributed by atoms with Gasteiger partial charge in [0.2, 0.25) is 5.95 Å². The van der Waals surface area contributed by atoms with Crippen LogP contribution < -0.4 is 10.6 Å². The molecule has 2 heterocycles. The maximum Gasteiger partial charge on any atom is 0.224 e. The summed E-state index contributed by atoms with van der Waals surface area (Å²) >= 11 is 0. The summed E-state index contributed by atoms with van der Waals surface area (Å²) in [5, 5.41) is 6.40. The summed E-state index contributed by atoms with van der Waals surface area (Å²) in [5.41, 5.74) is 1.29. The second-order valence-electron chi connectivity index (χ2n) is 5.18. The lowest BCUT2D eigenvalue weighted by atomic mass is 10.0. The van der Waals surface area contributed by atoms with Crippen LogP contribution in [0.4, 0.5) is 17.6 Å². The molecule has 23 heavy (non-hydrogen) atoms. The number of aromatic nitrogens is 4. The van der Waals surface area contributed by atoms with E-state index in [9.17, 15) is 0 Å². The lowest BCUT2D eigenvalue weighted by Gasteiger charge is -2.13. The zero-order valence-electron chi connectivity index (χ0n) is 12.8. The third-order valence-electron chi connectivity index (χ3n) is 3.43. The monoisotopic (exact) mass is 306 g/mol. The number of benzene rings is 1. The molecule has 0 aliphatic carbocycles. The van der Waals surface area contributed by atoms with Gasteiger partial charge in [-0.15, -0.1) is 0 Å². The predicted molar refractivity (Wildman–Crippen MR) is 90.7 cm³/mol. The van der Waals surface area contributed by atoms with Crippen molar-refractivity contribution in [2.75, 3.05) is 17.2 Å².